The molecule has 0 saturated heterocycles. The van der Waals surface area contributed by atoms with Crippen molar-refractivity contribution in [3.63, 3.8) is 0 Å². The molecule has 1 aromatic carbocycles. The number of nitrogens with one attached hydrogen (secondary N) is 1. The Morgan fingerprint density at radius 2 is 1.94 bits per heavy atom. The summed E-state index contributed by atoms with van der Waals surface area (Å²) in [6, 6.07) is 7.45. The molecule has 0 unspecified atom stereocenters. The first-order chi connectivity index (χ1) is 8.03. The highest BCUT2D eigenvalue weighted by molar-refractivity contribution is 6.17. The van der Waals surface area contributed by atoms with Crippen molar-refractivity contribution in [2.45, 2.75) is 38.1 Å². The van der Waals surface area contributed by atoms with Crippen LogP contribution in [0.3, 0.4) is 0 Å². The van der Waals surface area contributed by atoms with Crippen molar-refractivity contribution in [1.82, 2.24) is 5.32 Å². The van der Waals surface area contributed by atoms with Crippen LogP contribution in [0.4, 0.5) is 0 Å². The first kappa shape index (κ1) is 12.4. The number of carbonyl (C=O) groups is 1. The summed E-state index contributed by atoms with van der Waals surface area (Å²) in [6.07, 6.45) is 2.44. The van der Waals surface area contributed by atoms with Gasteiger partial charge in [-0.3, -0.25) is 4.79 Å². The number of hydrogen-bond donors (Lipinski definition) is 1. The van der Waals surface area contributed by atoms with Crippen molar-refractivity contribution < 1.29 is 4.79 Å². The predicted molar refractivity (Wildman–Crippen MR) is 70.3 cm³/mol. The molecular weight excluding hydrogens is 234 g/mol. The molecule has 0 radical (unpaired) electrons. The van der Waals surface area contributed by atoms with E-state index in [4.69, 9.17) is 11.6 Å². The Balaban J connectivity index is 2.03. The van der Waals surface area contributed by atoms with Crippen LogP contribution in [-0.4, -0.2) is 11.4 Å². The molecule has 0 aromatic heterocycles. The number of hydrogen-bond acceptors (Lipinski definition) is 1. The summed E-state index contributed by atoms with van der Waals surface area (Å²) >= 11 is 5.71. The van der Waals surface area contributed by atoms with Gasteiger partial charge in [-0.05, 0) is 50.3 Å². The van der Waals surface area contributed by atoms with E-state index in [0.29, 0.717) is 17.4 Å². The summed E-state index contributed by atoms with van der Waals surface area (Å²) in [7, 11) is 0. The van der Waals surface area contributed by atoms with Gasteiger partial charge < -0.3 is 5.32 Å². The average molecular weight is 252 g/mol. The Morgan fingerprint density at radius 3 is 2.41 bits per heavy atom. The van der Waals surface area contributed by atoms with Crippen molar-refractivity contribution in [2.24, 2.45) is 5.92 Å². The summed E-state index contributed by atoms with van der Waals surface area (Å²) in [5.74, 6) is 1.12. The van der Waals surface area contributed by atoms with Crippen LogP contribution in [0.15, 0.2) is 24.3 Å². The number of alkyl halides is 1. The Bertz CT molecular complexity index is 407. The lowest BCUT2D eigenvalue weighted by Gasteiger charge is -2.26. The van der Waals surface area contributed by atoms with Crippen molar-refractivity contribution in [2.75, 3.05) is 0 Å². The molecule has 0 bridgehead atoms. The van der Waals surface area contributed by atoms with Crippen LogP contribution in [-0.2, 0) is 5.88 Å². The number of rotatable bonds is 4. The van der Waals surface area contributed by atoms with Gasteiger partial charge in [0, 0.05) is 17.0 Å². The van der Waals surface area contributed by atoms with Gasteiger partial charge in [0.1, 0.15) is 0 Å². The molecule has 2 nitrogen and oxygen atoms in total. The molecular formula is C14H18ClNO. The van der Waals surface area contributed by atoms with E-state index in [1.165, 1.54) is 12.8 Å². The van der Waals surface area contributed by atoms with Gasteiger partial charge in [0.05, 0.1) is 0 Å². The molecule has 3 heteroatoms. The third kappa shape index (κ3) is 3.01. The van der Waals surface area contributed by atoms with E-state index in [9.17, 15) is 4.79 Å². The lowest BCUT2D eigenvalue weighted by molar-refractivity contribution is 0.0903. The molecule has 1 amide bonds. The van der Waals surface area contributed by atoms with E-state index in [-0.39, 0.29) is 11.4 Å². The first-order valence-corrected chi connectivity index (χ1v) is 6.54. The molecule has 1 N–H and O–H groups in total. The zero-order chi connectivity index (χ0) is 12.5. The number of amides is 1. The summed E-state index contributed by atoms with van der Waals surface area (Å²) in [5, 5.41) is 3.10. The summed E-state index contributed by atoms with van der Waals surface area (Å²) in [5.41, 5.74) is 1.64. The Morgan fingerprint density at radius 1 is 1.35 bits per heavy atom. The predicted octanol–water partition coefficient (Wildman–Crippen LogP) is 3.34. The fourth-order valence-corrected chi connectivity index (χ4v) is 2.20. The molecule has 1 aromatic rings. The molecule has 0 heterocycles. The van der Waals surface area contributed by atoms with Crippen LogP contribution in [0.5, 0.6) is 0 Å². The quantitative estimate of drug-likeness (QED) is 0.817. The van der Waals surface area contributed by atoms with E-state index in [2.05, 4.69) is 19.2 Å². The third-order valence-electron chi connectivity index (χ3n) is 3.40. The van der Waals surface area contributed by atoms with E-state index in [1.807, 2.05) is 24.3 Å². The summed E-state index contributed by atoms with van der Waals surface area (Å²) < 4.78 is 0. The lowest BCUT2D eigenvalue weighted by Crippen LogP contribution is -2.45. The number of benzene rings is 1. The maximum absolute atomic E-state index is 12.0. The largest absolute Gasteiger partial charge is 0.347 e. The molecule has 1 aliphatic rings. The summed E-state index contributed by atoms with van der Waals surface area (Å²) in [6.45, 7) is 4.19. The van der Waals surface area contributed by atoms with Crippen molar-refractivity contribution in [3.8, 4) is 0 Å². The zero-order valence-electron chi connectivity index (χ0n) is 10.3. The minimum atomic E-state index is -0.0950. The highest BCUT2D eigenvalue weighted by Crippen LogP contribution is 2.39. The standard InChI is InChI=1S/C14H18ClNO/c1-14(2,12-7-8-12)16-13(17)11-5-3-10(9-15)4-6-11/h3-6,12H,7-9H2,1-2H3,(H,16,17). The normalized spacial score (nSPS) is 15.7. The van der Waals surface area contributed by atoms with E-state index >= 15 is 0 Å². The number of halogens is 1. The second kappa shape index (κ2) is 4.69. The Labute approximate surface area is 107 Å². The lowest BCUT2D eigenvalue weighted by atomic mass is 9.98. The maximum Gasteiger partial charge on any atom is 0.251 e. The van der Waals surface area contributed by atoms with Gasteiger partial charge in [0.25, 0.3) is 5.91 Å². The molecule has 0 atom stereocenters. The third-order valence-corrected chi connectivity index (χ3v) is 3.71. The van der Waals surface area contributed by atoms with E-state index < -0.39 is 0 Å². The SMILES string of the molecule is CC(C)(NC(=O)c1ccc(CCl)cc1)C1CC1. The van der Waals surface area contributed by atoms with Gasteiger partial charge in [-0.25, -0.2) is 0 Å². The van der Waals surface area contributed by atoms with Crippen LogP contribution >= 0.6 is 11.6 Å². The van der Waals surface area contributed by atoms with E-state index in [0.717, 1.165) is 5.56 Å². The Kier molecular flexibility index (Phi) is 3.43. The summed E-state index contributed by atoms with van der Waals surface area (Å²) in [4.78, 5) is 12.0. The van der Waals surface area contributed by atoms with Gasteiger partial charge in [-0.2, -0.15) is 0 Å². The second-order valence-electron chi connectivity index (χ2n) is 5.28. The maximum atomic E-state index is 12.0. The topological polar surface area (TPSA) is 29.1 Å². The zero-order valence-corrected chi connectivity index (χ0v) is 11.1. The fraction of sp³-hybridized carbons (Fsp3) is 0.500. The molecule has 17 heavy (non-hydrogen) atoms. The van der Waals surface area contributed by atoms with E-state index in [1.54, 1.807) is 0 Å². The molecule has 0 aliphatic heterocycles. The first-order valence-electron chi connectivity index (χ1n) is 6.00. The van der Waals surface area contributed by atoms with Crippen molar-refractivity contribution >= 4 is 17.5 Å². The molecule has 0 spiro atoms. The smallest absolute Gasteiger partial charge is 0.251 e. The van der Waals surface area contributed by atoms with Crippen LogP contribution in [0.25, 0.3) is 0 Å². The van der Waals surface area contributed by atoms with Crippen molar-refractivity contribution in [3.05, 3.63) is 35.4 Å². The van der Waals surface area contributed by atoms with Crippen LogP contribution < -0.4 is 5.32 Å². The molecule has 1 fully saturated rings. The van der Waals surface area contributed by atoms with Crippen LogP contribution in [0, 0.1) is 5.92 Å². The van der Waals surface area contributed by atoms with Gasteiger partial charge in [0.15, 0.2) is 0 Å². The molecule has 2 rings (SSSR count). The van der Waals surface area contributed by atoms with Gasteiger partial charge >= 0.3 is 0 Å². The minimum absolute atomic E-state index is 0.00280. The monoisotopic (exact) mass is 251 g/mol. The second-order valence-corrected chi connectivity index (χ2v) is 5.55. The van der Waals surface area contributed by atoms with Crippen LogP contribution in [0.2, 0.25) is 0 Å². The van der Waals surface area contributed by atoms with Gasteiger partial charge in [0.2, 0.25) is 0 Å². The number of carbonyl (C=O) groups excluding carboxylic acids is 1. The highest BCUT2D eigenvalue weighted by atomic mass is 35.5. The average Bonchev–Trinajstić information content (AvgIpc) is 3.12. The molecule has 1 aliphatic carbocycles. The molecule has 1 saturated carbocycles. The van der Waals surface area contributed by atoms with Gasteiger partial charge in [-0.15, -0.1) is 11.6 Å². The van der Waals surface area contributed by atoms with Crippen LogP contribution in [0.1, 0.15) is 42.6 Å². The minimum Gasteiger partial charge on any atom is -0.347 e. The fourth-order valence-electron chi connectivity index (χ4n) is 2.02. The highest BCUT2D eigenvalue weighted by Gasteiger charge is 2.38. The van der Waals surface area contributed by atoms with Gasteiger partial charge in [-0.1, -0.05) is 12.1 Å². The Hall–Kier alpha value is -1.02. The van der Waals surface area contributed by atoms with Crippen molar-refractivity contribution in [1.29, 1.82) is 0 Å². The molecule has 92 valence electrons.